The van der Waals surface area contributed by atoms with E-state index >= 15 is 0 Å². The molecule has 0 aromatic carbocycles. The smallest absolute Gasteiger partial charge is 0.163 e. The summed E-state index contributed by atoms with van der Waals surface area (Å²) in [7, 11) is 0. The standard InChI is InChI=1S/C9H11NO2.W/c11-7-1-2-9(12)8-3-5-10-6-4-8;/h3-6,11H,1-2,7H2;. The number of hydrogen-bond acceptors (Lipinski definition) is 3. The number of nitrogens with zero attached hydrogens (tertiary/aromatic N) is 1. The van der Waals surface area contributed by atoms with Crippen LogP contribution in [0.5, 0.6) is 0 Å². The van der Waals surface area contributed by atoms with Crippen molar-refractivity contribution in [3.8, 4) is 0 Å². The molecule has 1 heterocycles. The van der Waals surface area contributed by atoms with Crippen LogP contribution in [0.2, 0.25) is 0 Å². The van der Waals surface area contributed by atoms with Crippen molar-refractivity contribution >= 4 is 5.78 Å². The van der Waals surface area contributed by atoms with Crippen molar-refractivity contribution in [3.63, 3.8) is 0 Å². The molecule has 70 valence electrons. The van der Waals surface area contributed by atoms with Gasteiger partial charge in [-0.05, 0) is 18.6 Å². The van der Waals surface area contributed by atoms with Crippen molar-refractivity contribution < 1.29 is 31.0 Å². The summed E-state index contributed by atoms with van der Waals surface area (Å²) in [5.74, 6) is 0.0615. The van der Waals surface area contributed by atoms with Gasteiger partial charge >= 0.3 is 0 Å². The van der Waals surface area contributed by atoms with Gasteiger partial charge < -0.3 is 5.11 Å². The maximum absolute atomic E-state index is 11.3. The van der Waals surface area contributed by atoms with E-state index in [-0.39, 0.29) is 33.5 Å². The van der Waals surface area contributed by atoms with Crippen molar-refractivity contribution in [2.75, 3.05) is 6.61 Å². The predicted molar refractivity (Wildman–Crippen MR) is 44.9 cm³/mol. The Morgan fingerprint density at radius 3 is 2.54 bits per heavy atom. The van der Waals surface area contributed by atoms with Crippen LogP contribution in [0.25, 0.3) is 0 Å². The van der Waals surface area contributed by atoms with Gasteiger partial charge in [0.2, 0.25) is 0 Å². The molecule has 0 fully saturated rings. The fourth-order valence-corrected chi connectivity index (χ4v) is 0.922. The molecule has 0 aliphatic rings. The van der Waals surface area contributed by atoms with Gasteiger partial charge in [0.05, 0.1) is 0 Å². The number of aliphatic hydroxyl groups excluding tert-OH is 1. The zero-order chi connectivity index (χ0) is 8.81. The summed E-state index contributed by atoms with van der Waals surface area (Å²) in [5.41, 5.74) is 0.665. The third-order valence-electron chi connectivity index (χ3n) is 1.56. The van der Waals surface area contributed by atoms with Gasteiger partial charge in [-0.25, -0.2) is 0 Å². The molecule has 0 atom stereocenters. The van der Waals surface area contributed by atoms with Crippen LogP contribution < -0.4 is 0 Å². The van der Waals surface area contributed by atoms with Crippen molar-refractivity contribution in [1.29, 1.82) is 0 Å². The number of ketones is 1. The second-order valence-electron chi connectivity index (χ2n) is 2.49. The van der Waals surface area contributed by atoms with Gasteiger partial charge in [-0.1, -0.05) is 0 Å². The van der Waals surface area contributed by atoms with E-state index in [0.717, 1.165) is 0 Å². The molecule has 4 heteroatoms. The number of carbonyl (C=O) groups is 1. The van der Waals surface area contributed by atoms with Gasteiger partial charge in [-0.2, -0.15) is 0 Å². The molecule has 0 bridgehead atoms. The van der Waals surface area contributed by atoms with E-state index in [0.29, 0.717) is 18.4 Å². The van der Waals surface area contributed by atoms with Gasteiger partial charge in [-0.15, -0.1) is 0 Å². The third-order valence-corrected chi connectivity index (χ3v) is 1.56. The zero-order valence-electron chi connectivity index (χ0n) is 7.14. The number of rotatable bonds is 4. The number of carbonyl (C=O) groups excluding carboxylic acids is 1. The first kappa shape index (κ1) is 12.5. The van der Waals surface area contributed by atoms with Crippen LogP contribution in [-0.4, -0.2) is 22.5 Å². The first-order valence-electron chi connectivity index (χ1n) is 3.88. The van der Waals surface area contributed by atoms with Gasteiger partial charge in [0.15, 0.2) is 5.78 Å². The maximum Gasteiger partial charge on any atom is 0.163 e. The average Bonchev–Trinajstić information content (AvgIpc) is 2.15. The molecule has 0 amide bonds. The Morgan fingerprint density at radius 1 is 1.38 bits per heavy atom. The molecular formula is C9H11NO2W. The van der Waals surface area contributed by atoms with E-state index in [1.807, 2.05) is 0 Å². The molecular weight excluding hydrogens is 338 g/mol. The Kier molecular flexibility index (Phi) is 6.64. The minimum Gasteiger partial charge on any atom is -0.396 e. The van der Waals surface area contributed by atoms with E-state index in [9.17, 15) is 4.79 Å². The topological polar surface area (TPSA) is 50.2 Å². The molecule has 0 unspecified atom stereocenters. The molecule has 1 aromatic rings. The molecule has 1 aromatic heterocycles. The molecule has 0 aliphatic heterocycles. The Morgan fingerprint density at radius 2 is 2.00 bits per heavy atom. The number of aliphatic hydroxyl groups is 1. The number of pyridine rings is 1. The Labute approximate surface area is 91.5 Å². The zero-order valence-corrected chi connectivity index (χ0v) is 10.1. The summed E-state index contributed by atoms with van der Waals surface area (Å²) in [5, 5.41) is 8.50. The van der Waals surface area contributed by atoms with E-state index in [2.05, 4.69) is 4.98 Å². The van der Waals surface area contributed by atoms with Crippen LogP contribution in [0.1, 0.15) is 23.2 Å². The molecule has 0 saturated carbocycles. The Bertz CT molecular complexity index is 251. The second kappa shape index (κ2) is 6.93. The summed E-state index contributed by atoms with van der Waals surface area (Å²) in [6.07, 6.45) is 4.11. The molecule has 0 spiro atoms. The molecule has 0 aliphatic carbocycles. The maximum atomic E-state index is 11.3. The van der Waals surface area contributed by atoms with Gasteiger partial charge in [-0.3, -0.25) is 9.78 Å². The number of hydrogen-bond donors (Lipinski definition) is 1. The quantitative estimate of drug-likeness (QED) is 0.827. The van der Waals surface area contributed by atoms with E-state index in [4.69, 9.17) is 5.11 Å². The Hall–Kier alpha value is -0.532. The van der Waals surface area contributed by atoms with E-state index < -0.39 is 0 Å². The van der Waals surface area contributed by atoms with Gasteiger partial charge in [0.1, 0.15) is 0 Å². The fourth-order valence-electron chi connectivity index (χ4n) is 0.922. The molecule has 0 radical (unpaired) electrons. The summed E-state index contributed by atoms with van der Waals surface area (Å²) >= 11 is 0. The van der Waals surface area contributed by atoms with Crippen molar-refractivity contribution in [2.45, 2.75) is 12.8 Å². The Balaban J connectivity index is 0.00000144. The minimum atomic E-state index is 0. The van der Waals surface area contributed by atoms with E-state index in [1.54, 1.807) is 24.5 Å². The van der Waals surface area contributed by atoms with E-state index in [1.165, 1.54) is 0 Å². The second-order valence-corrected chi connectivity index (χ2v) is 2.49. The van der Waals surface area contributed by atoms with Crippen LogP contribution in [-0.2, 0) is 21.1 Å². The average molecular weight is 349 g/mol. The molecule has 3 nitrogen and oxygen atoms in total. The van der Waals surface area contributed by atoms with Crippen molar-refractivity contribution in [2.24, 2.45) is 0 Å². The van der Waals surface area contributed by atoms with Crippen LogP contribution in [0.3, 0.4) is 0 Å². The van der Waals surface area contributed by atoms with Gasteiger partial charge in [0, 0.05) is 52.1 Å². The van der Waals surface area contributed by atoms with Gasteiger partial charge in [0.25, 0.3) is 0 Å². The summed E-state index contributed by atoms with van der Waals surface area (Å²) < 4.78 is 0. The monoisotopic (exact) mass is 349 g/mol. The fraction of sp³-hybridized carbons (Fsp3) is 0.333. The van der Waals surface area contributed by atoms with Crippen LogP contribution in [0.15, 0.2) is 24.5 Å². The largest absolute Gasteiger partial charge is 0.396 e. The van der Waals surface area contributed by atoms with Crippen molar-refractivity contribution in [3.05, 3.63) is 30.1 Å². The molecule has 1 rings (SSSR count). The predicted octanol–water partition coefficient (Wildman–Crippen LogP) is 1.03. The SMILES string of the molecule is O=C(CCCO)c1ccncc1.[W]. The molecule has 1 N–H and O–H groups in total. The first-order valence-corrected chi connectivity index (χ1v) is 3.88. The third kappa shape index (κ3) is 4.30. The van der Waals surface area contributed by atoms with Crippen molar-refractivity contribution in [1.82, 2.24) is 4.98 Å². The minimum absolute atomic E-state index is 0. The van der Waals surface area contributed by atoms with Crippen LogP contribution in [0.4, 0.5) is 0 Å². The van der Waals surface area contributed by atoms with Crippen LogP contribution in [0, 0.1) is 0 Å². The summed E-state index contributed by atoms with van der Waals surface area (Å²) in [6, 6.07) is 3.36. The molecule has 0 saturated heterocycles. The number of aromatic nitrogens is 1. The summed E-state index contributed by atoms with van der Waals surface area (Å²) in [4.78, 5) is 15.1. The number of Topliss-reactive ketones (excluding diaryl/α,β-unsaturated/α-hetero) is 1. The van der Waals surface area contributed by atoms with Crippen LogP contribution >= 0.6 is 0 Å². The molecule has 13 heavy (non-hydrogen) atoms. The summed E-state index contributed by atoms with van der Waals surface area (Å²) in [6.45, 7) is 0.0663. The first-order chi connectivity index (χ1) is 5.84. The normalized spacial score (nSPS) is 9.00.